The SMILES string of the molecule is CCCCCCC(C)n1cnc(C#N)c1N. The minimum Gasteiger partial charge on any atom is -0.383 e. The summed E-state index contributed by atoms with van der Waals surface area (Å²) < 4.78 is 1.89. The van der Waals surface area contributed by atoms with Gasteiger partial charge in [-0.2, -0.15) is 5.26 Å². The van der Waals surface area contributed by atoms with E-state index in [-0.39, 0.29) is 0 Å². The van der Waals surface area contributed by atoms with E-state index in [2.05, 4.69) is 18.8 Å². The molecule has 0 aliphatic heterocycles. The van der Waals surface area contributed by atoms with Crippen LogP contribution in [-0.2, 0) is 0 Å². The van der Waals surface area contributed by atoms with Crippen molar-refractivity contribution in [3.8, 4) is 6.07 Å². The van der Waals surface area contributed by atoms with Gasteiger partial charge in [0.1, 0.15) is 11.9 Å². The van der Waals surface area contributed by atoms with Crippen LogP contribution in [0.5, 0.6) is 0 Å². The Labute approximate surface area is 97.1 Å². The summed E-state index contributed by atoms with van der Waals surface area (Å²) in [6.07, 6.45) is 7.76. The van der Waals surface area contributed by atoms with Gasteiger partial charge in [0.15, 0.2) is 5.69 Å². The van der Waals surface area contributed by atoms with Gasteiger partial charge in [0.2, 0.25) is 0 Å². The van der Waals surface area contributed by atoms with Gasteiger partial charge >= 0.3 is 0 Å². The van der Waals surface area contributed by atoms with Gasteiger partial charge < -0.3 is 10.3 Å². The molecule has 1 unspecified atom stereocenters. The highest BCUT2D eigenvalue weighted by molar-refractivity contribution is 5.44. The summed E-state index contributed by atoms with van der Waals surface area (Å²) in [5.74, 6) is 0.491. The van der Waals surface area contributed by atoms with Crippen molar-refractivity contribution in [1.29, 1.82) is 5.26 Å². The number of nitrogens with zero attached hydrogens (tertiary/aromatic N) is 3. The Morgan fingerprint density at radius 3 is 2.81 bits per heavy atom. The third kappa shape index (κ3) is 2.99. The van der Waals surface area contributed by atoms with Crippen LogP contribution < -0.4 is 5.73 Å². The summed E-state index contributed by atoms with van der Waals surface area (Å²) in [5.41, 5.74) is 6.16. The Bertz CT molecular complexity index is 362. The molecular formula is C12H20N4. The highest BCUT2D eigenvalue weighted by atomic mass is 15.1. The maximum absolute atomic E-state index is 8.75. The average Bonchev–Trinajstić information content (AvgIpc) is 2.65. The lowest BCUT2D eigenvalue weighted by Crippen LogP contribution is -2.08. The molecule has 0 fully saturated rings. The van der Waals surface area contributed by atoms with Crippen LogP contribution in [0.3, 0.4) is 0 Å². The second-order valence-corrected chi connectivity index (χ2v) is 4.20. The topological polar surface area (TPSA) is 67.6 Å². The molecule has 1 aromatic rings. The molecular weight excluding hydrogens is 200 g/mol. The molecule has 1 atom stereocenters. The molecule has 0 radical (unpaired) electrons. The van der Waals surface area contributed by atoms with Gasteiger partial charge in [0, 0.05) is 6.04 Å². The van der Waals surface area contributed by atoms with Crippen molar-refractivity contribution in [2.24, 2.45) is 0 Å². The Morgan fingerprint density at radius 1 is 1.50 bits per heavy atom. The molecule has 0 bridgehead atoms. The first-order valence-corrected chi connectivity index (χ1v) is 5.93. The highest BCUT2D eigenvalue weighted by Gasteiger charge is 2.11. The summed E-state index contributed by atoms with van der Waals surface area (Å²) in [5, 5.41) is 8.75. The van der Waals surface area contributed by atoms with Crippen molar-refractivity contribution >= 4 is 5.82 Å². The fraction of sp³-hybridized carbons (Fsp3) is 0.667. The summed E-state index contributed by atoms with van der Waals surface area (Å²) in [6.45, 7) is 4.32. The zero-order valence-corrected chi connectivity index (χ0v) is 10.1. The molecule has 0 aliphatic carbocycles. The number of rotatable bonds is 6. The van der Waals surface area contributed by atoms with Crippen molar-refractivity contribution < 1.29 is 0 Å². The first-order valence-electron chi connectivity index (χ1n) is 5.93. The Hall–Kier alpha value is -1.50. The number of aromatic nitrogens is 2. The monoisotopic (exact) mass is 220 g/mol. The number of anilines is 1. The minimum absolute atomic E-state index is 0.325. The van der Waals surface area contributed by atoms with Gasteiger partial charge in [-0.15, -0.1) is 0 Å². The zero-order chi connectivity index (χ0) is 12.0. The Balaban J connectivity index is 2.50. The number of nitrogen functional groups attached to an aromatic ring is 1. The fourth-order valence-electron chi connectivity index (χ4n) is 1.81. The molecule has 1 heterocycles. The number of imidazole rings is 1. The third-order valence-corrected chi connectivity index (χ3v) is 2.89. The van der Waals surface area contributed by atoms with E-state index in [1.165, 1.54) is 25.7 Å². The highest BCUT2D eigenvalue weighted by Crippen LogP contribution is 2.20. The maximum atomic E-state index is 8.75. The van der Waals surface area contributed by atoms with Crippen molar-refractivity contribution in [3.05, 3.63) is 12.0 Å². The van der Waals surface area contributed by atoms with E-state index in [4.69, 9.17) is 11.0 Å². The molecule has 0 aromatic carbocycles. The second-order valence-electron chi connectivity index (χ2n) is 4.20. The van der Waals surface area contributed by atoms with E-state index in [9.17, 15) is 0 Å². The predicted octanol–water partition coefficient (Wildman–Crippen LogP) is 2.87. The Kier molecular flexibility index (Phi) is 4.84. The van der Waals surface area contributed by atoms with Gasteiger partial charge in [0.25, 0.3) is 0 Å². The Morgan fingerprint density at radius 2 is 2.25 bits per heavy atom. The molecule has 88 valence electrons. The molecule has 0 amide bonds. The smallest absolute Gasteiger partial charge is 0.182 e. The largest absolute Gasteiger partial charge is 0.383 e. The van der Waals surface area contributed by atoms with Crippen molar-refractivity contribution in [1.82, 2.24) is 9.55 Å². The van der Waals surface area contributed by atoms with Crippen LogP contribution in [-0.4, -0.2) is 9.55 Å². The van der Waals surface area contributed by atoms with E-state index >= 15 is 0 Å². The lowest BCUT2D eigenvalue weighted by molar-refractivity contribution is 0.476. The summed E-state index contributed by atoms with van der Waals surface area (Å²) >= 11 is 0. The van der Waals surface area contributed by atoms with Gasteiger partial charge in [0.05, 0.1) is 6.33 Å². The van der Waals surface area contributed by atoms with Crippen LogP contribution in [0.4, 0.5) is 5.82 Å². The molecule has 4 heteroatoms. The predicted molar refractivity (Wildman–Crippen MR) is 64.8 cm³/mol. The van der Waals surface area contributed by atoms with E-state index in [0.717, 1.165) is 6.42 Å². The molecule has 4 nitrogen and oxygen atoms in total. The zero-order valence-electron chi connectivity index (χ0n) is 10.1. The van der Waals surface area contributed by atoms with Gasteiger partial charge in [-0.3, -0.25) is 0 Å². The van der Waals surface area contributed by atoms with Crippen LogP contribution in [0.2, 0.25) is 0 Å². The molecule has 1 aromatic heterocycles. The molecule has 0 saturated carbocycles. The van der Waals surface area contributed by atoms with E-state index in [1.807, 2.05) is 10.6 Å². The summed E-state index contributed by atoms with van der Waals surface area (Å²) in [6, 6.07) is 2.32. The van der Waals surface area contributed by atoms with E-state index in [1.54, 1.807) is 6.33 Å². The van der Waals surface area contributed by atoms with Crippen LogP contribution in [0.15, 0.2) is 6.33 Å². The van der Waals surface area contributed by atoms with Crippen LogP contribution >= 0.6 is 0 Å². The quantitative estimate of drug-likeness (QED) is 0.749. The molecule has 0 saturated heterocycles. The number of hydrogen-bond acceptors (Lipinski definition) is 3. The standard InChI is InChI=1S/C12H20N4/c1-3-4-5-6-7-10(2)16-9-15-11(8-13)12(16)14/h9-10H,3-7,14H2,1-2H3. The van der Waals surface area contributed by atoms with Crippen molar-refractivity contribution in [2.75, 3.05) is 5.73 Å². The second kappa shape index (κ2) is 6.16. The molecule has 0 spiro atoms. The maximum Gasteiger partial charge on any atom is 0.182 e. The van der Waals surface area contributed by atoms with Crippen LogP contribution in [0, 0.1) is 11.3 Å². The summed E-state index contributed by atoms with van der Waals surface area (Å²) in [7, 11) is 0. The van der Waals surface area contributed by atoms with E-state index in [0.29, 0.717) is 17.6 Å². The van der Waals surface area contributed by atoms with Gasteiger partial charge in [-0.25, -0.2) is 4.98 Å². The molecule has 0 aliphatic rings. The van der Waals surface area contributed by atoms with Crippen LogP contribution in [0.1, 0.15) is 57.7 Å². The lowest BCUT2D eigenvalue weighted by Gasteiger charge is -2.14. The normalized spacial score (nSPS) is 12.3. The lowest BCUT2D eigenvalue weighted by atomic mass is 10.1. The first kappa shape index (κ1) is 12.6. The van der Waals surface area contributed by atoms with Gasteiger partial charge in [-0.05, 0) is 13.3 Å². The number of nitrogens with two attached hydrogens (primary N) is 1. The van der Waals surface area contributed by atoms with E-state index < -0.39 is 0 Å². The molecule has 2 N–H and O–H groups in total. The molecule has 1 rings (SSSR count). The third-order valence-electron chi connectivity index (χ3n) is 2.89. The van der Waals surface area contributed by atoms with Crippen LogP contribution in [0.25, 0.3) is 0 Å². The molecule has 16 heavy (non-hydrogen) atoms. The number of unbranched alkanes of at least 4 members (excludes halogenated alkanes) is 3. The first-order chi connectivity index (χ1) is 7.70. The van der Waals surface area contributed by atoms with Gasteiger partial charge in [-0.1, -0.05) is 32.6 Å². The average molecular weight is 220 g/mol. The fourth-order valence-corrected chi connectivity index (χ4v) is 1.81. The number of hydrogen-bond donors (Lipinski definition) is 1. The number of nitriles is 1. The minimum atomic E-state index is 0.325. The van der Waals surface area contributed by atoms with Crippen molar-refractivity contribution in [2.45, 2.75) is 52.0 Å². The van der Waals surface area contributed by atoms with Crippen molar-refractivity contribution in [3.63, 3.8) is 0 Å². The summed E-state index contributed by atoms with van der Waals surface area (Å²) in [4.78, 5) is 3.98.